The third kappa shape index (κ3) is 6.93. The Morgan fingerprint density at radius 3 is 2.25 bits per heavy atom. The predicted octanol–water partition coefficient (Wildman–Crippen LogP) is -0.335. The highest BCUT2D eigenvalue weighted by Crippen LogP contribution is 2.45. The normalized spacial score (nSPS) is 17.4. The van der Waals surface area contributed by atoms with E-state index in [1.165, 1.54) is 0 Å². The first kappa shape index (κ1) is 12.2. The summed E-state index contributed by atoms with van der Waals surface area (Å²) >= 11 is 0. The summed E-state index contributed by atoms with van der Waals surface area (Å²) in [5.74, 6) is 0. The van der Waals surface area contributed by atoms with E-state index >= 15 is 0 Å². The van der Waals surface area contributed by atoms with Gasteiger partial charge in [0, 0.05) is 6.66 Å². The zero-order valence-electron chi connectivity index (χ0n) is 6.93. The smallest absolute Gasteiger partial charge is 0.367 e. The Morgan fingerprint density at radius 1 is 1.42 bits per heavy atom. The monoisotopic (exact) mass is 216 g/mol. The van der Waals surface area contributed by atoms with Crippen molar-refractivity contribution in [2.24, 2.45) is 0 Å². The molecule has 0 aliphatic heterocycles. The quantitative estimate of drug-likeness (QED) is 0.430. The van der Waals surface area contributed by atoms with Crippen LogP contribution in [0, 0.1) is 0 Å². The van der Waals surface area contributed by atoms with Gasteiger partial charge in [0.1, 0.15) is 0 Å². The van der Waals surface area contributed by atoms with Crippen LogP contribution in [0.15, 0.2) is 0 Å². The van der Waals surface area contributed by atoms with Crippen LogP contribution in [0.25, 0.3) is 0 Å². The van der Waals surface area contributed by atoms with E-state index in [-0.39, 0.29) is 6.61 Å². The fourth-order valence-corrected chi connectivity index (χ4v) is 3.01. The fourth-order valence-electron chi connectivity index (χ4n) is 0.506. The van der Waals surface area contributed by atoms with Crippen LogP contribution in [-0.2, 0) is 13.3 Å². The number of rotatable bonds is 5. The third-order valence-electron chi connectivity index (χ3n) is 0.818. The van der Waals surface area contributed by atoms with Gasteiger partial charge in [0.25, 0.3) is 0 Å². The van der Waals surface area contributed by atoms with E-state index in [0.29, 0.717) is 6.42 Å². The molecule has 0 aromatic rings. The van der Waals surface area contributed by atoms with Crippen molar-refractivity contribution in [2.45, 2.75) is 13.3 Å². The highest BCUT2D eigenvalue weighted by molar-refractivity contribution is 7.54. The maximum absolute atomic E-state index is 11.1. The Hall–Kier alpha value is 0.247. The van der Waals surface area contributed by atoms with Crippen LogP contribution in [0.1, 0.15) is 13.3 Å². The summed E-state index contributed by atoms with van der Waals surface area (Å²) in [6.07, 6.45) is 0.623. The molecule has 1 unspecified atom stereocenters. The maximum Gasteiger partial charge on any atom is 0.678 e. The maximum atomic E-state index is 11.1. The molecule has 0 spiro atoms. The fraction of sp³-hybridized carbons (Fsp3) is 1.00. The molecule has 74 valence electrons. The molecule has 1 atom stereocenters. The van der Waals surface area contributed by atoms with E-state index in [9.17, 15) is 4.57 Å². The molecule has 8 heteroatoms. The summed E-state index contributed by atoms with van der Waals surface area (Å²) in [4.78, 5) is 25.3. The molecule has 0 fully saturated rings. The van der Waals surface area contributed by atoms with Gasteiger partial charge in [0.2, 0.25) is 0 Å². The zero-order chi connectivity index (χ0) is 9.83. The van der Waals surface area contributed by atoms with Crippen molar-refractivity contribution in [1.82, 2.24) is 0 Å². The summed E-state index contributed by atoms with van der Waals surface area (Å²) in [6, 6.07) is 0. The lowest BCUT2D eigenvalue weighted by atomic mass is 10.5. The van der Waals surface area contributed by atoms with Gasteiger partial charge < -0.3 is 18.9 Å². The van der Waals surface area contributed by atoms with E-state index in [4.69, 9.17) is 14.4 Å². The van der Waals surface area contributed by atoms with Crippen LogP contribution in [0.3, 0.4) is 0 Å². The van der Waals surface area contributed by atoms with Crippen LogP contribution in [0.4, 0.5) is 0 Å². The first-order valence-corrected chi connectivity index (χ1v) is 7.11. The minimum absolute atomic E-state index is 0.179. The van der Waals surface area contributed by atoms with Crippen molar-refractivity contribution in [3.63, 3.8) is 0 Å². The molecule has 0 radical (unpaired) electrons. The SMILES string of the molecule is CCCOP(C)(=O)O[Si](O)(O)O. The van der Waals surface area contributed by atoms with Crippen molar-refractivity contribution >= 4 is 16.6 Å². The second-order valence-electron chi connectivity index (χ2n) is 2.27. The van der Waals surface area contributed by atoms with Gasteiger partial charge in [0.05, 0.1) is 6.61 Å². The summed E-state index contributed by atoms with van der Waals surface area (Å²) in [6.45, 7) is 3.03. The average Bonchev–Trinajstić information content (AvgIpc) is 1.78. The minimum atomic E-state index is -4.73. The molecule has 0 heterocycles. The zero-order valence-corrected chi connectivity index (χ0v) is 8.82. The lowest BCUT2D eigenvalue weighted by Gasteiger charge is -2.16. The lowest BCUT2D eigenvalue weighted by Crippen LogP contribution is -2.37. The van der Waals surface area contributed by atoms with Gasteiger partial charge >= 0.3 is 16.6 Å². The molecule has 0 bridgehead atoms. The molecule has 6 nitrogen and oxygen atoms in total. The van der Waals surface area contributed by atoms with Crippen molar-refractivity contribution < 1.29 is 27.7 Å². The van der Waals surface area contributed by atoms with Crippen molar-refractivity contribution in [1.29, 1.82) is 0 Å². The van der Waals surface area contributed by atoms with Gasteiger partial charge in [-0.2, -0.15) is 0 Å². The average molecular weight is 216 g/mol. The Bertz CT molecular complexity index is 177. The standard InChI is InChI=1S/C4H13O6PSi/c1-3-4-9-11(2,5)10-12(6,7)8/h6-8H,3-4H2,1-2H3. The van der Waals surface area contributed by atoms with E-state index in [1.54, 1.807) is 6.92 Å². The molecule has 0 aromatic heterocycles. The minimum Gasteiger partial charge on any atom is -0.367 e. The first-order valence-electron chi connectivity index (χ1n) is 3.37. The molecule has 0 saturated heterocycles. The van der Waals surface area contributed by atoms with E-state index in [1.807, 2.05) is 0 Å². The molecular weight excluding hydrogens is 203 g/mol. The topological polar surface area (TPSA) is 96.2 Å². The second kappa shape index (κ2) is 4.47. The van der Waals surface area contributed by atoms with Gasteiger partial charge in [0.15, 0.2) is 0 Å². The van der Waals surface area contributed by atoms with Crippen LogP contribution in [0.5, 0.6) is 0 Å². The van der Waals surface area contributed by atoms with Crippen LogP contribution < -0.4 is 0 Å². The van der Waals surface area contributed by atoms with Gasteiger partial charge in [-0.1, -0.05) is 6.92 Å². The predicted molar refractivity (Wildman–Crippen MR) is 43.3 cm³/mol. The highest BCUT2D eigenvalue weighted by atomic mass is 31.2. The second-order valence-corrected chi connectivity index (χ2v) is 5.95. The number of hydrogen-bond donors (Lipinski definition) is 3. The summed E-state index contributed by atoms with van der Waals surface area (Å²) in [5, 5.41) is 0. The Morgan fingerprint density at radius 2 is 1.92 bits per heavy atom. The highest BCUT2D eigenvalue weighted by Gasteiger charge is 2.39. The van der Waals surface area contributed by atoms with Gasteiger partial charge in [-0.25, -0.2) is 0 Å². The van der Waals surface area contributed by atoms with E-state index in [0.717, 1.165) is 6.66 Å². The van der Waals surface area contributed by atoms with E-state index < -0.39 is 16.6 Å². The molecule has 0 saturated carbocycles. The third-order valence-corrected chi connectivity index (χ3v) is 3.78. The van der Waals surface area contributed by atoms with Crippen molar-refractivity contribution in [2.75, 3.05) is 13.3 Å². The summed E-state index contributed by atoms with van der Waals surface area (Å²) < 4.78 is 19.8. The lowest BCUT2D eigenvalue weighted by molar-refractivity contribution is 0.114. The molecule has 0 aliphatic carbocycles. The van der Waals surface area contributed by atoms with Crippen molar-refractivity contribution in [3.05, 3.63) is 0 Å². The molecule has 0 aliphatic rings. The number of hydrogen-bond acceptors (Lipinski definition) is 6. The summed E-state index contributed by atoms with van der Waals surface area (Å²) in [5.41, 5.74) is 0. The Kier molecular flexibility index (Phi) is 4.57. The Balaban J connectivity index is 3.96. The molecule has 0 amide bonds. The molecule has 3 N–H and O–H groups in total. The largest absolute Gasteiger partial charge is 0.678 e. The van der Waals surface area contributed by atoms with Crippen LogP contribution in [-0.4, -0.2) is 36.7 Å². The molecule has 0 aromatic carbocycles. The van der Waals surface area contributed by atoms with Gasteiger partial charge in [-0.05, 0) is 6.42 Å². The molecule has 12 heavy (non-hydrogen) atoms. The van der Waals surface area contributed by atoms with E-state index in [2.05, 4.69) is 8.74 Å². The van der Waals surface area contributed by atoms with Crippen LogP contribution in [0.2, 0.25) is 0 Å². The first-order chi connectivity index (χ1) is 5.27. The van der Waals surface area contributed by atoms with Gasteiger partial charge in [-0.15, -0.1) is 0 Å². The molecule has 0 rings (SSSR count). The van der Waals surface area contributed by atoms with Crippen molar-refractivity contribution in [3.8, 4) is 0 Å². The molecular formula is C4H13O6PSi. The summed E-state index contributed by atoms with van der Waals surface area (Å²) in [7, 11) is -8.25. The Labute approximate surface area is 71.8 Å². The van der Waals surface area contributed by atoms with Gasteiger partial charge in [-0.3, -0.25) is 8.78 Å². The van der Waals surface area contributed by atoms with Crippen LogP contribution >= 0.6 is 7.60 Å².